The van der Waals surface area contributed by atoms with Crippen molar-refractivity contribution in [1.82, 2.24) is 19.7 Å². The fourth-order valence-electron chi connectivity index (χ4n) is 3.20. The first-order valence-electron chi connectivity index (χ1n) is 10.5. The van der Waals surface area contributed by atoms with E-state index in [2.05, 4.69) is 25.1 Å². The van der Waals surface area contributed by atoms with E-state index in [1.807, 2.05) is 30.3 Å². The molecule has 4 rings (SSSR count). The second-order valence-electron chi connectivity index (χ2n) is 8.05. The summed E-state index contributed by atoms with van der Waals surface area (Å²) in [6, 6.07) is 19.4. The fraction of sp³-hybridized carbons (Fsp3) is 0.125. The van der Waals surface area contributed by atoms with Crippen molar-refractivity contribution in [3.05, 3.63) is 95.5 Å². The second-order valence-corrected chi connectivity index (χ2v) is 9.73. The molecule has 11 heteroatoms. The van der Waals surface area contributed by atoms with Crippen LogP contribution in [0.25, 0.3) is 11.3 Å². The van der Waals surface area contributed by atoms with Crippen LogP contribution >= 0.6 is 0 Å². The second kappa shape index (κ2) is 9.47. The number of amides is 1. The maximum absolute atomic E-state index is 13.1. The van der Waals surface area contributed by atoms with Gasteiger partial charge in [-0.05, 0) is 50.2 Å². The zero-order chi connectivity index (χ0) is 25.1. The van der Waals surface area contributed by atoms with E-state index < -0.39 is 27.0 Å². The quantitative estimate of drug-likeness (QED) is 0.406. The smallest absolute Gasteiger partial charge is 0.267 e. The van der Waals surface area contributed by atoms with Crippen LogP contribution in [0, 0.1) is 0 Å². The third kappa shape index (κ3) is 5.25. The molecule has 0 radical (unpaired) electrons. The van der Waals surface area contributed by atoms with Crippen molar-refractivity contribution in [2.24, 2.45) is 0 Å². The van der Waals surface area contributed by atoms with Gasteiger partial charge in [-0.3, -0.25) is 9.59 Å². The number of aromatic nitrogens is 4. The molecular formula is C24H22N6O4S. The van der Waals surface area contributed by atoms with Crippen LogP contribution in [0.3, 0.4) is 0 Å². The van der Waals surface area contributed by atoms with Gasteiger partial charge in [-0.2, -0.15) is 5.10 Å². The van der Waals surface area contributed by atoms with Gasteiger partial charge in [0.25, 0.3) is 21.5 Å². The Bertz CT molecular complexity index is 1500. The number of nitrogens with one attached hydrogen (secondary N) is 2. The molecule has 35 heavy (non-hydrogen) atoms. The predicted molar refractivity (Wildman–Crippen MR) is 131 cm³/mol. The van der Waals surface area contributed by atoms with Gasteiger partial charge in [-0.25, -0.2) is 27.8 Å². The normalized spacial score (nSPS) is 11.6. The number of nitrogens with zero attached hydrogens (tertiary/aromatic N) is 4. The number of hydrogen-bond donors (Lipinski definition) is 2. The molecule has 2 N–H and O–H groups in total. The van der Waals surface area contributed by atoms with E-state index in [0.717, 1.165) is 10.2 Å². The van der Waals surface area contributed by atoms with Crippen LogP contribution in [0.15, 0.2) is 94.9 Å². The standard InChI is InChI=1S/C24H22N6O4S/c1-24(2,30-21(31)14-13-20(28-30)17-7-4-3-5-8-17)22(32)27-18-9-11-19(12-10-18)35(33,34)29-23-25-15-6-16-26-23/h3-16H,1-2H3,(H,27,32)(H,25,26,29). The summed E-state index contributed by atoms with van der Waals surface area (Å²) < 4.78 is 28.5. The molecule has 1 amide bonds. The highest BCUT2D eigenvalue weighted by Crippen LogP contribution is 2.21. The Balaban J connectivity index is 1.53. The van der Waals surface area contributed by atoms with Gasteiger partial charge in [-0.1, -0.05) is 30.3 Å². The van der Waals surface area contributed by atoms with E-state index in [0.29, 0.717) is 11.4 Å². The fourth-order valence-corrected chi connectivity index (χ4v) is 4.16. The number of anilines is 2. The van der Waals surface area contributed by atoms with Gasteiger partial charge >= 0.3 is 0 Å². The van der Waals surface area contributed by atoms with Crippen molar-refractivity contribution in [1.29, 1.82) is 0 Å². The summed E-state index contributed by atoms with van der Waals surface area (Å²) in [5, 5.41) is 7.12. The Hall–Kier alpha value is -4.38. The molecule has 0 aliphatic carbocycles. The minimum absolute atomic E-state index is 0.0318. The van der Waals surface area contributed by atoms with Crippen molar-refractivity contribution in [2.45, 2.75) is 24.3 Å². The Labute approximate surface area is 201 Å². The van der Waals surface area contributed by atoms with Gasteiger partial charge in [0.2, 0.25) is 5.95 Å². The zero-order valence-electron chi connectivity index (χ0n) is 18.9. The van der Waals surface area contributed by atoms with Gasteiger partial charge in [0, 0.05) is 29.7 Å². The summed E-state index contributed by atoms with van der Waals surface area (Å²) in [6.45, 7) is 3.15. The van der Waals surface area contributed by atoms with Gasteiger partial charge in [0.15, 0.2) is 0 Å². The van der Waals surface area contributed by atoms with E-state index in [9.17, 15) is 18.0 Å². The number of rotatable bonds is 7. The van der Waals surface area contributed by atoms with Crippen LogP contribution in [-0.4, -0.2) is 34.1 Å². The molecule has 0 atom stereocenters. The summed E-state index contributed by atoms with van der Waals surface area (Å²) in [6.07, 6.45) is 2.84. The van der Waals surface area contributed by atoms with Gasteiger partial charge in [-0.15, -0.1) is 0 Å². The Morgan fingerprint density at radius 1 is 0.886 bits per heavy atom. The summed E-state index contributed by atoms with van der Waals surface area (Å²) in [5.74, 6) is -0.550. The number of benzene rings is 2. The van der Waals surface area contributed by atoms with E-state index >= 15 is 0 Å². The van der Waals surface area contributed by atoms with Crippen LogP contribution < -0.4 is 15.6 Å². The third-order valence-corrected chi connectivity index (χ3v) is 6.51. The molecule has 0 spiro atoms. The van der Waals surface area contributed by atoms with Crippen LogP contribution in [0.1, 0.15) is 13.8 Å². The van der Waals surface area contributed by atoms with Crippen molar-refractivity contribution < 1.29 is 13.2 Å². The molecule has 2 heterocycles. The van der Waals surface area contributed by atoms with Crippen molar-refractivity contribution >= 4 is 27.6 Å². The monoisotopic (exact) mass is 490 g/mol. The van der Waals surface area contributed by atoms with E-state index in [1.54, 1.807) is 26.0 Å². The lowest BCUT2D eigenvalue weighted by Crippen LogP contribution is -2.47. The van der Waals surface area contributed by atoms with Crippen LogP contribution in [0.2, 0.25) is 0 Å². The molecule has 4 aromatic rings. The molecule has 0 bridgehead atoms. The lowest BCUT2D eigenvalue weighted by atomic mass is 10.0. The SMILES string of the molecule is CC(C)(C(=O)Nc1ccc(S(=O)(=O)Nc2ncccn2)cc1)n1nc(-c2ccccc2)ccc1=O. The highest BCUT2D eigenvalue weighted by atomic mass is 32.2. The molecule has 2 aromatic carbocycles. The molecule has 0 aliphatic heterocycles. The van der Waals surface area contributed by atoms with Crippen LogP contribution in [0.5, 0.6) is 0 Å². The first-order valence-corrected chi connectivity index (χ1v) is 12.0. The van der Waals surface area contributed by atoms with Crippen LogP contribution in [0.4, 0.5) is 11.6 Å². The molecule has 0 saturated heterocycles. The Kier molecular flexibility index (Phi) is 6.43. The largest absolute Gasteiger partial charge is 0.324 e. The minimum atomic E-state index is -3.91. The third-order valence-electron chi connectivity index (χ3n) is 5.17. The van der Waals surface area contributed by atoms with Gasteiger partial charge < -0.3 is 5.32 Å². The first kappa shape index (κ1) is 23.8. The molecule has 0 fully saturated rings. The maximum atomic E-state index is 13.1. The number of sulfonamides is 1. The molecule has 0 unspecified atom stereocenters. The van der Waals surface area contributed by atoms with Crippen LogP contribution in [-0.2, 0) is 20.4 Å². The minimum Gasteiger partial charge on any atom is -0.324 e. The van der Waals surface area contributed by atoms with E-state index in [-0.39, 0.29) is 10.8 Å². The van der Waals surface area contributed by atoms with Gasteiger partial charge in [0.05, 0.1) is 10.6 Å². The average Bonchev–Trinajstić information content (AvgIpc) is 2.85. The summed E-state index contributed by atoms with van der Waals surface area (Å²) in [5.41, 5.74) is -0.0521. The molecule has 2 aromatic heterocycles. The number of hydrogen-bond acceptors (Lipinski definition) is 7. The van der Waals surface area contributed by atoms with Gasteiger partial charge in [0.1, 0.15) is 5.54 Å². The number of carbonyl (C=O) groups is 1. The van der Waals surface area contributed by atoms with E-state index in [1.165, 1.54) is 42.7 Å². The Morgan fingerprint density at radius 3 is 2.20 bits per heavy atom. The summed E-state index contributed by atoms with van der Waals surface area (Å²) >= 11 is 0. The molecule has 178 valence electrons. The van der Waals surface area contributed by atoms with Crippen molar-refractivity contribution in [3.63, 3.8) is 0 Å². The lowest BCUT2D eigenvalue weighted by Gasteiger charge is -2.25. The van der Waals surface area contributed by atoms with E-state index in [4.69, 9.17) is 0 Å². The topological polar surface area (TPSA) is 136 Å². The summed E-state index contributed by atoms with van der Waals surface area (Å²) in [7, 11) is -3.91. The zero-order valence-corrected chi connectivity index (χ0v) is 19.7. The maximum Gasteiger partial charge on any atom is 0.267 e. The average molecular weight is 491 g/mol. The highest BCUT2D eigenvalue weighted by Gasteiger charge is 2.32. The summed E-state index contributed by atoms with van der Waals surface area (Å²) in [4.78, 5) is 33.3. The molecule has 0 aliphatic rings. The van der Waals surface area contributed by atoms with Crippen molar-refractivity contribution in [2.75, 3.05) is 10.0 Å². The first-order chi connectivity index (χ1) is 16.7. The molecule has 0 saturated carbocycles. The Morgan fingerprint density at radius 2 is 1.54 bits per heavy atom. The van der Waals surface area contributed by atoms with Crippen molar-refractivity contribution in [3.8, 4) is 11.3 Å². The lowest BCUT2D eigenvalue weighted by molar-refractivity contribution is -0.123. The highest BCUT2D eigenvalue weighted by molar-refractivity contribution is 7.92. The molecular weight excluding hydrogens is 468 g/mol. The molecule has 10 nitrogen and oxygen atoms in total. The number of carbonyl (C=O) groups excluding carboxylic acids is 1. The predicted octanol–water partition coefficient (Wildman–Crippen LogP) is 2.87.